The van der Waals surface area contributed by atoms with Gasteiger partial charge in [0.25, 0.3) is 0 Å². The highest BCUT2D eigenvalue weighted by atomic mass is 35.5. The molecule has 1 aliphatic rings. The van der Waals surface area contributed by atoms with Gasteiger partial charge < -0.3 is 0 Å². The largest absolute Gasteiger partial charge is 0.299 e. The monoisotopic (exact) mass is 219 g/mol. The van der Waals surface area contributed by atoms with Crippen molar-refractivity contribution in [1.29, 1.82) is 0 Å². The average Bonchev–Trinajstić information content (AvgIpc) is 1.98. The molecule has 14 heavy (non-hydrogen) atoms. The molecule has 1 saturated heterocycles. The van der Waals surface area contributed by atoms with Gasteiger partial charge in [0.05, 0.1) is 0 Å². The normalized spacial score (nSPS) is 29.9. The summed E-state index contributed by atoms with van der Waals surface area (Å²) in [6.07, 6.45) is 0.725. The molecule has 1 aliphatic heterocycles. The maximum absolute atomic E-state index is 11.5. The fourth-order valence-electron chi connectivity index (χ4n) is 2.15. The van der Waals surface area contributed by atoms with Crippen LogP contribution in [0.25, 0.3) is 0 Å². The molecule has 2 atom stereocenters. The quantitative estimate of drug-likeness (QED) is 0.624. The first-order valence-electron chi connectivity index (χ1n) is 5.13. The number of likely N-dealkylation sites (tertiary alicyclic amines) is 1. The Bertz CT molecular complexity index is 210. The van der Waals surface area contributed by atoms with Gasteiger partial charge in [-0.3, -0.25) is 9.69 Å². The molecule has 1 heterocycles. The second kappa shape index (κ2) is 4.63. The van der Waals surface area contributed by atoms with Gasteiger partial charge in [0.1, 0.15) is 5.78 Å². The van der Waals surface area contributed by atoms with E-state index in [1.54, 1.807) is 0 Å². The Morgan fingerprint density at radius 2 is 1.79 bits per heavy atom. The number of carbonyl (C=O) groups is 1. The fourth-order valence-corrected chi connectivity index (χ4v) is 2.15. The minimum absolute atomic E-state index is 0. The SMILES string of the molecule is CC1C(=O)CCN(C(C)(C)C)C1C.Cl. The molecule has 1 fully saturated rings. The van der Waals surface area contributed by atoms with Gasteiger partial charge in [0.2, 0.25) is 0 Å². The van der Waals surface area contributed by atoms with Gasteiger partial charge in [0.15, 0.2) is 0 Å². The third-order valence-electron chi connectivity index (χ3n) is 3.18. The molecular formula is C11H22ClNO. The smallest absolute Gasteiger partial charge is 0.138 e. The number of piperidine rings is 1. The van der Waals surface area contributed by atoms with Crippen molar-refractivity contribution in [1.82, 2.24) is 4.90 Å². The highest BCUT2D eigenvalue weighted by Gasteiger charge is 2.36. The van der Waals surface area contributed by atoms with Crippen LogP contribution in [0.2, 0.25) is 0 Å². The molecule has 3 heteroatoms. The lowest BCUT2D eigenvalue weighted by molar-refractivity contribution is -0.129. The van der Waals surface area contributed by atoms with Crippen molar-refractivity contribution in [3.8, 4) is 0 Å². The van der Waals surface area contributed by atoms with Crippen LogP contribution < -0.4 is 0 Å². The second-order valence-electron chi connectivity index (χ2n) is 5.11. The third kappa shape index (κ3) is 2.71. The second-order valence-corrected chi connectivity index (χ2v) is 5.11. The molecule has 2 unspecified atom stereocenters. The van der Waals surface area contributed by atoms with Crippen LogP contribution in [0.15, 0.2) is 0 Å². The first-order chi connectivity index (χ1) is 5.84. The van der Waals surface area contributed by atoms with E-state index >= 15 is 0 Å². The molecule has 0 amide bonds. The summed E-state index contributed by atoms with van der Waals surface area (Å²) in [5, 5.41) is 0. The van der Waals surface area contributed by atoms with Gasteiger partial charge in [-0.2, -0.15) is 0 Å². The maximum atomic E-state index is 11.5. The predicted octanol–water partition coefficient (Wildman–Crippen LogP) is 2.51. The van der Waals surface area contributed by atoms with Crippen molar-refractivity contribution in [2.45, 2.75) is 52.6 Å². The Morgan fingerprint density at radius 1 is 1.29 bits per heavy atom. The molecule has 0 aliphatic carbocycles. The zero-order valence-electron chi connectivity index (χ0n) is 9.83. The summed E-state index contributed by atoms with van der Waals surface area (Å²) < 4.78 is 0. The van der Waals surface area contributed by atoms with E-state index in [0.717, 1.165) is 13.0 Å². The average molecular weight is 220 g/mol. The highest BCUT2D eigenvalue weighted by Crippen LogP contribution is 2.27. The topological polar surface area (TPSA) is 20.3 Å². The van der Waals surface area contributed by atoms with E-state index in [1.165, 1.54) is 0 Å². The summed E-state index contributed by atoms with van der Waals surface area (Å²) in [7, 11) is 0. The maximum Gasteiger partial charge on any atom is 0.138 e. The van der Waals surface area contributed by atoms with Crippen LogP contribution >= 0.6 is 12.4 Å². The molecule has 2 nitrogen and oxygen atoms in total. The standard InChI is InChI=1S/C11H21NO.ClH/c1-8-9(2)12(11(3,4)5)7-6-10(8)13;/h8-9H,6-7H2,1-5H3;1H. The van der Waals surface area contributed by atoms with Crippen LogP contribution in [0.5, 0.6) is 0 Å². The van der Waals surface area contributed by atoms with E-state index in [0.29, 0.717) is 11.8 Å². The van der Waals surface area contributed by atoms with E-state index in [-0.39, 0.29) is 23.9 Å². The van der Waals surface area contributed by atoms with Crippen molar-refractivity contribution in [3.63, 3.8) is 0 Å². The fraction of sp³-hybridized carbons (Fsp3) is 0.909. The van der Waals surface area contributed by atoms with Crippen molar-refractivity contribution in [2.75, 3.05) is 6.54 Å². The Labute approximate surface area is 93.5 Å². The third-order valence-corrected chi connectivity index (χ3v) is 3.18. The summed E-state index contributed by atoms with van der Waals surface area (Å²) in [6.45, 7) is 11.8. The molecule has 0 aromatic rings. The molecule has 0 bridgehead atoms. The van der Waals surface area contributed by atoms with E-state index in [4.69, 9.17) is 0 Å². The van der Waals surface area contributed by atoms with E-state index in [2.05, 4.69) is 32.6 Å². The summed E-state index contributed by atoms with van der Waals surface area (Å²) >= 11 is 0. The molecule has 0 spiro atoms. The lowest BCUT2D eigenvalue weighted by Crippen LogP contribution is -2.54. The van der Waals surface area contributed by atoms with E-state index < -0.39 is 0 Å². The van der Waals surface area contributed by atoms with Crippen LogP contribution in [-0.2, 0) is 4.79 Å². The Kier molecular flexibility index (Phi) is 4.60. The number of hydrogen-bond acceptors (Lipinski definition) is 2. The first-order valence-corrected chi connectivity index (χ1v) is 5.13. The molecule has 0 saturated carbocycles. The predicted molar refractivity (Wildman–Crippen MR) is 62.0 cm³/mol. The Hall–Kier alpha value is -0.0800. The Morgan fingerprint density at radius 3 is 2.21 bits per heavy atom. The zero-order chi connectivity index (χ0) is 10.2. The molecule has 84 valence electrons. The minimum Gasteiger partial charge on any atom is -0.299 e. The number of ketones is 1. The molecular weight excluding hydrogens is 198 g/mol. The summed E-state index contributed by atoms with van der Waals surface area (Å²) in [5.74, 6) is 0.626. The minimum atomic E-state index is 0. The summed E-state index contributed by atoms with van der Waals surface area (Å²) in [4.78, 5) is 13.9. The molecule has 1 rings (SSSR count). The van der Waals surface area contributed by atoms with E-state index in [1.807, 2.05) is 6.92 Å². The number of carbonyl (C=O) groups excluding carboxylic acids is 1. The van der Waals surface area contributed by atoms with Crippen LogP contribution in [0.3, 0.4) is 0 Å². The van der Waals surface area contributed by atoms with Gasteiger partial charge in [-0.25, -0.2) is 0 Å². The van der Waals surface area contributed by atoms with Gasteiger partial charge in [0, 0.05) is 30.5 Å². The molecule has 0 aromatic carbocycles. The highest BCUT2D eigenvalue weighted by molar-refractivity contribution is 5.85. The van der Waals surface area contributed by atoms with Crippen LogP contribution in [0.4, 0.5) is 0 Å². The lowest BCUT2D eigenvalue weighted by Gasteiger charge is -2.45. The number of nitrogens with zero attached hydrogens (tertiary/aromatic N) is 1. The first kappa shape index (κ1) is 13.9. The van der Waals surface area contributed by atoms with Gasteiger partial charge >= 0.3 is 0 Å². The Balaban J connectivity index is 0.00000169. The lowest BCUT2D eigenvalue weighted by atomic mass is 9.87. The van der Waals surface area contributed by atoms with Crippen molar-refractivity contribution in [3.05, 3.63) is 0 Å². The van der Waals surface area contributed by atoms with Crippen molar-refractivity contribution < 1.29 is 4.79 Å². The van der Waals surface area contributed by atoms with Crippen LogP contribution in [0.1, 0.15) is 41.0 Å². The van der Waals surface area contributed by atoms with Crippen LogP contribution in [-0.4, -0.2) is 28.8 Å². The number of Topliss-reactive ketones (excluding diaryl/α,β-unsaturated/α-hetero) is 1. The summed E-state index contributed by atoms with van der Waals surface area (Å²) in [5.41, 5.74) is 0.189. The summed E-state index contributed by atoms with van der Waals surface area (Å²) in [6, 6.07) is 0.390. The zero-order valence-corrected chi connectivity index (χ0v) is 10.6. The van der Waals surface area contributed by atoms with Gasteiger partial charge in [-0.15, -0.1) is 12.4 Å². The van der Waals surface area contributed by atoms with Crippen molar-refractivity contribution in [2.24, 2.45) is 5.92 Å². The molecule has 0 radical (unpaired) electrons. The van der Waals surface area contributed by atoms with Crippen molar-refractivity contribution >= 4 is 18.2 Å². The number of rotatable bonds is 0. The van der Waals surface area contributed by atoms with E-state index in [9.17, 15) is 4.79 Å². The van der Waals surface area contributed by atoms with Crippen LogP contribution in [0, 0.1) is 5.92 Å². The van der Waals surface area contributed by atoms with Gasteiger partial charge in [-0.05, 0) is 27.7 Å². The number of hydrogen-bond donors (Lipinski definition) is 0. The molecule has 0 aromatic heterocycles. The molecule has 0 N–H and O–H groups in total. The number of halogens is 1. The van der Waals surface area contributed by atoms with Gasteiger partial charge in [-0.1, -0.05) is 6.92 Å².